The summed E-state index contributed by atoms with van der Waals surface area (Å²) in [7, 11) is 4.07. The van der Waals surface area contributed by atoms with Crippen LogP contribution in [0.3, 0.4) is 0 Å². The maximum atomic E-state index is 12.8. The molecule has 0 bridgehead atoms. The molecule has 116 valence electrons. The number of likely N-dealkylation sites (N-methyl/N-ethyl adjacent to an activating group) is 1. The maximum absolute atomic E-state index is 12.8. The van der Waals surface area contributed by atoms with Gasteiger partial charge in [-0.3, -0.25) is 9.78 Å². The number of carbonyl (C=O) groups excluding carboxylic acids is 1. The van der Waals surface area contributed by atoms with Gasteiger partial charge in [0, 0.05) is 38.6 Å². The molecule has 0 spiro atoms. The number of amides is 1. The van der Waals surface area contributed by atoms with E-state index in [1.54, 1.807) is 6.20 Å². The third kappa shape index (κ3) is 4.51. The Bertz CT molecular complexity index is 449. The van der Waals surface area contributed by atoms with E-state index in [1.807, 2.05) is 37.3 Å². The van der Waals surface area contributed by atoms with Crippen molar-refractivity contribution in [3.05, 3.63) is 30.1 Å². The summed E-state index contributed by atoms with van der Waals surface area (Å²) in [5.74, 6) is 0.773. The van der Waals surface area contributed by atoms with Crippen LogP contribution in [0.25, 0.3) is 0 Å². The van der Waals surface area contributed by atoms with Gasteiger partial charge in [0.2, 0.25) is 5.91 Å². The van der Waals surface area contributed by atoms with Crippen molar-refractivity contribution >= 4 is 5.91 Å². The van der Waals surface area contributed by atoms with E-state index in [4.69, 9.17) is 0 Å². The first kappa shape index (κ1) is 15.9. The Morgan fingerprint density at radius 3 is 2.76 bits per heavy atom. The summed E-state index contributed by atoms with van der Waals surface area (Å²) >= 11 is 0. The molecule has 0 saturated carbocycles. The van der Waals surface area contributed by atoms with E-state index in [1.165, 1.54) is 0 Å². The van der Waals surface area contributed by atoms with Gasteiger partial charge in [-0.05, 0) is 38.2 Å². The molecule has 2 atom stereocenters. The van der Waals surface area contributed by atoms with E-state index in [2.05, 4.69) is 22.1 Å². The average Bonchev–Trinajstić information content (AvgIpc) is 2.90. The van der Waals surface area contributed by atoms with Crippen molar-refractivity contribution in [3.63, 3.8) is 0 Å². The lowest BCUT2D eigenvalue weighted by Crippen LogP contribution is -2.41. The van der Waals surface area contributed by atoms with E-state index >= 15 is 0 Å². The second kappa shape index (κ2) is 7.52. The summed E-state index contributed by atoms with van der Waals surface area (Å²) in [6.07, 6.45) is 3.60. The Balaban J connectivity index is 2.05. The highest BCUT2D eigenvalue weighted by Crippen LogP contribution is 2.19. The molecule has 1 aromatic heterocycles. The zero-order chi connectivity index (χ0) is 15.2. The molecule has 1 N–H and O–H groups in total. The molecule has 1 amide bonds. The molecule has 2 unspecified atom stereocenters. The molecule has 1 aliphatic heterocycles. The van der Waals surface area contributed by atoms with Crippen LogP contribution in [0.5, 0.6) is 0 Å². The Morgan fingerprint density at radius 2 is 2.19 bits per heavy atom. The molecule has 2 heterocycles. The van der Waals surface area contributed by atoms with Gasteiger partial charge in [0.15, 0.2) is 0 Å². The van der Waals surface area contributed by atoms with Crippen LogP contribution in [0.4, 0.5) is 0 Å². The predicted molar refractivity (Wildman–Crippen MR) is 83.7 cm³/mol. The minimum atomic E-state index is 0.101. The third-order valence-corrected chi connectivity index (χ3v) is 4.06. The largest absolute Gasteiger partial charge is 0.337 e. The summed E-state index contributed by atoms with van der Waals surface area (Å²) in [4.78, 5) is 21.1. The number of hydrogen-bond donors (Lipinski definition) is 1. The van der Waals surface area contributed by atoms with Crippen LogP contribution >= 0.6 is 0 Å². The molecule has 0 radical (unpaired) electrons. The van der Waals surface area contributed by atoms with Gasteiger partial charge in [0.25, 0.3) is 0 Å². The quantitative estimate of drug-likeness (QED) is 0.843. The molecule has 5 nitrogen and oxygen atoms in total. The number of aromatic nitrogens is 1. The topological polar surface area (TPSA) is 48.5 Å². The first-order valence-corrected chi connectivity index (χ1v) is 7.61. The fraction of sp³-hybridized carbons (Fsp3) is 0.625. The molecule has 2 rings (SSSR count). The summed E-state index contributed by atoms with van der Waals surface area (Å²) in [6, 6.07) is 3.95. The molecular weight excluding hydrogens is 264 g/mol. The highest BCUT2D eigenvalue weighted by Gasteiger charge is 2.32. The van der Waals surface area contributed by atoms with Crippen molar-refractivity contribution in [2.45, 2.75) is 13.5 Å². The van der Waals surface area contributed by atoms with Gasteiger partial charge in [-0.25, -0.2) is 0 Å². The number of hydrogen-bond acceptors (Lipinski definition) is 4. The van der Waals surface area contributed by atoms with Crippen molar-refractivity contribution in [2.24, 2.45) is 11.8 Å². The van der Waals surface area contributed by atoms with Gasteiger partial charge in [-0.2, -0.15) is 0 Å². The highest BCUT2D eigenvalue weighted by atomic mass is 16.2. The molecule has 1 aromatic rings. The van der Waals surface area contributed by atoms with E-state index < -0.39 is 0 Å². The average molecular weight is 290 g/mol. The number of nitrogens with zero attached hydrogens (tertiary/aromatic N) is 3. The van der Waals surface area contributed by atoms with Gasteiger partial charge in [0.1, 0.15) is 0 Å². The number of carbonyl (C=O) groups is 1. The van der Waals surface area contributed by atoms with Gasteiger partial charge < -0.3 is 15.1 Å². The summed E-state index contributed by atoms with van der Waals surface area (Å²) in [6.45, 7) is 6.15. The second-order valence-electron chi connectivity index (χ2n) is 6.17. The zero-order valence-corrected chi connectivity index (χ0v) is 13.2. The van der Waals surface area contributed by atoms with Gasteiger partial charge in [0.05, 0.1) is 5.92 Å². The standard InChI is InChI=1S/C16H26N4O/c1-13-9-18-11-15(13)16(21)20(8-7-19(2)3)12-14-5-4-6-17-10-14/h4-6,10,13,15,18H,7-9,11-12H2,1-3H3. The fourth-order valence-electron chi connectivity index (χ4n) is 2.68. The normalized spacial score (nSPS) is 21.7. The monoisotopic (exact) mass is 290 g/mol. The van der Waals surface area contributed by atoms with Crippen LogP contribution in [0, 0.1) is 11.8 Å². The number of rotatable bonds is 6. The molecule has 0 aliphatic carbocycles. The summed E-state index contributed by atoms with van der Waals surface area (Å²) in [5, 5.41) is 3.32. The van der Waals surface area contributed by atoms with Crippen LogP contribution in [-0.2, 0) is 11.3 Å². The molecular formula is C16H26N4O. The third-order valence-electron chi connectivity index (χ3n) is 4.06. The molecule has 1 fully saturated rings. The second-order valence-corrected chi connectivity index (χ2v) is 6.17. The van der Waals surface area contributed by atoms with Crippen molar-refractivity contribution in [1.29, 1.82) is 0 Å². The molecule has 21 heavy (non-hydrogen) atoms. The van der Waals surface area contributed by atoms with Crippen molar-refractivity contribution in [2.75, 3.05) is 40.3 Å². The van der Waals surface area contributed by atoms with Crippen molar-refractivity contribution in [1.82, 2.24) is 20.1 Å². The van der Waals surface area contributed by atoms with E-state index in [0.717, 1.165) is 31.7 Å². The van der Waals surface area contributed by atoms with Crippen LogP contribution < -0.4 is 5.32 Å². The van der Waals surface area contributed by atoms with Gasteiger partial charge in [-0.15, -0.1) is 0 Å². The number of pyridine rings is 1. The van der Waals surface area contributed by atoms with Gasteiger partial charge >= 0.3 is 0 Å². The summed E-state index contributed by atoms with van der Waals surface area (Å²) in [5.41, 5.74) is 1.09. The lowest BCUT2D eigenvalue weighted by atomic mass is 9.96. The Morgan fingerprint density at radius 1 is 1.38 bits per heavy atom. The van der Waals surface area contributed by atoms with Gasteiger partial charge in [-0.1, -0.05) is 13.0 Å². The molecule has 1 aliphatic rings. The maximum Gasteiger partial charge on any atom is 0.227 e. The summed E-state index contributed by atoms with van der Waals surface area (Å²) < 4.78 is 0. The Hall–Kier alpha value is -1.46. The van der Waals surface area contributed by atoms with Crippen molar-refractivity contribution in [3.8, 4) is 0 Å². The highest BCUT2D eigenvalue weighted by molar-refractivity contribution is 5.79. The predicted octanol–water partition coefficient (Wildman–Crippen LogP) is 0.827. The Labute approximate surface area is 127 Å². The van der Waals surface area contributed by atoms with E-state index in [0.29, 0.717) is 12.5 Å². The minimum Gasteiger partial charge on any atom is -0.337 e. The molecule has 0 aromatic carbocycles. The van der Waals surface area contributed by atoms with Crippen LogP contribution in [0.1, 0.15) is 12.5 Å². The Kier molecular flexibility index (Phi) is 5.70. The van der Waals surface area contributed by atoms with Crippen LogP contribution in [0.2, 0.25) is 0 Å². The first-order chi connectivity index (χ1) is 10.1. The lowest BCUT2D eigenvalue weighted by molar-refractivity contribution is -0.136. The minimum absolute atomic E-state index is 0.101. The van der Waals surface area contributed by atoms with Crippen molar-refractivity contribution < 1.29 is 4.79 Å². The first-order valence-electron chi connectivity index (χ1n) is 7.61. The number of nitrogens with one attached hydrogen (secondary N) is 1. The SMILES string of the molecule is CC1CNCC1C(=O)N(CCN(C)C)Cc1cccnc1. The smallest absolute Gasteiger partial charge is 0.227 e. The van der Waals surface area contributed by atoms with E-state index in [-0.39, 0.29) is 11.8 Å². The fourth-order valence-corrected chi connectivity index (χ4v) is 2.68. The molecule has 5 heteroatoms. The lowest BCUT2D eigenvalue weighted by Gasteiger charge is -2.28. The van der Waals surface area contributed by atoms with E-state index in [9.17, 15) is 4.79 Å². The van der Waals surface area contributed by atoms with Crippen LogP contribution in [0.15, 0.2) is 24.5 Å². The zero-order valence-electron chi connectivity index (χ0n) is 13.2. The van der Waals surface area contributed by atoms with Crippen LogP contribution in [-0.4, -0.2) is 61.0 Å². The molecule has 1 saturated heterocycles.